The van der Waals surface area contributed by atoms with Crippen molar-refractivity contribution in [1.82, 2.24) is 0 Å². The molecule has 1 aliphatic rings. The van der Waals surface area contributed by atoms with E-state index in [-0.39, 0.29) is 10.8 Å². The van der Waals surface area contributed by atoms with Crippen LogP contribution < -0.4 is 9.88 Å². The van der Waals surface area contributed by atoms with Crippen LogP contribution in [0.5, 0.6) is 5.75 Å². The van der Waals surface area contributed by atoms with E-state index in [0.29, 0.717) is 12.5 Å². The third kappa shape index (κ3) is 4.43. The number of primary sulfonamides is 1. The van der Waals surface area contributed by atoms with E-state index in [2.05, 4.69) is 0 Å². The van der Waals surface area contributed by atoms with Gasteiger partial charge < -0.3 is 9.47 Å². The second-order valence-electron chi connectivity index (χ2n) is 5.77. The number of benzene rings is 1. The zero-order valence-corrected chi connectivity index (χ0v) is 13.4. The first kappa shape index (κ1) is 16.3. The molecule has 0 saturated carbocycles. The second kappa shape index (κ2) is 6.77. The monoisotopic (exact) mass is 313 g/mol. The van der Waals surface area contributed by atoms with Crippen molar-refractivity contribution in [1.29, 1.82) is 0 Å². The Morgan fingerprint density at radius 1 is 1.33 bits per heavy atom. The van der Waals surface area contributed by atoms with E-state index in [0.717, 1.165) is 37.4 Å². The molecule has 6 heteroatoms. The van der Waals surface area contributed by atoms with E-state index in [1.54, 1.807) is 12.1 Å². The van der Waals surface area contributed by atoms with Crippen molar-refractivity contribution >= 4 is 10.0 Å². The van der Waals surface area contributed by atoms with Crippen LogP contribution in [0.2, 0.25) is 0 Å². The fourth-order valence-electron chi connectivity index (χ4n) is 2.41. The van der Waals surface area contributed by atoms with Gasteiger partial charge in [-0.3, -0.25) is 0 Å². The molecule has 1 aliphatic heterocycles. The number of rotatable bonds is 5. The third-order valence-electron chi connectivity index (χ3n) is 3.75. The molecule has 0 unspecified atom stereocenters. The molecule has 1 saturated heterocycles. The fourth-order valence-corrected chi connectivity index (χ4v) is 2.96. The molecule has 0 radical (unpaired) electrons. The lowest BCUT2D eigenvalue weighted by Gasteiger charge is -2.23. The molecule has 0 amide bonds. The number of sulfonamides is 1. The van der Waals surface area contributed by atoms with E-state index in [1.165, 1.54) is 6.07 Å². The topological polar surface area (TPSA) is 78.6 Å². The molecule has 1 aromatic carbocycles. The molecule has 1 fully saturated rings. The van der Waals surface area contributed by atoms with Crippen molar-refractivity contribution < 1.29 is 17.9 Å². The van der Waals surface area contributed by atoms with Gasteiger partial charge in [0.1, 0.15) is 5.75 Å². The Morgan fingerprint density at radius 2 is 2.00 bits per heavy atom. The van der Waals surface area contributed by atoms with Gasteiger partial charge in [-0.15, -0.1) is 0 Å². The highest BCUT2D eigenvalue weighted by atomic mass is 32.2. The molecular weight excluding hydrogens is 290 g/mol. The van der Waals surface area contributed by atoms with E-state index < -0.39 is 10.0 Å². The summed E-state index contributed by atoms with van der Waals surface area (Å²) in [7, 11) is -3.68. The van der Waals surface area contributed by atoms with Gasteiger partial charge in [0.2, 0.25) is 10.0 Å². The maximum Gasteiger partial charge on any atom is 0.238 e. The van der Waals surface area contributed by atoms with Gasteiger partial charge in [-0.05, 0) is 48.4 Å². The average Bonchev–Trinajstić information content (AvgIpc) is 2.45. The Balaban J connectivity index is 2.14. The van der Waals surface area contributed by atoms with Gasteiger partial charge >= 0.3 is 0 Å². The molecule has 21 heavy (non-hydrogen) atoms. The summed E-state index contributed by atoms with van der Waals surface area (Å²) in [5.74, 6) is 1.40. The van der Waals surface area contributed by atoms with Crippen LogP contribution >= 0.6 is 0 Å². The molecule has 0 bridgehead atoms. The predicted octanol–water partition coefficient (Wildman–Crippen LogP) is 2.26. The minimum Gasteiger partial charge on any atom is -0.493 e. The summed E-state index contributed by atoms with van der Waals surface area (Å²) in [5, 5.41) is 5.18. The Labute approximate surface area is 126 Å². The van der Waals surface area contributed by atoms with Crippen LogP contribution in [-0.4, -0.2) is 28.2 Å². The van der Waals surface area contributed by atoms with Crippen LogP contribution in [0.25, 0.3) is 0 Å². The summed E-state index contributed by atoms with van der Waals surface area (Å²) in [6.45, 7) is 6.22. The molecule has 1 aromatic rings. The van der Waals surface area contributed by atoms with Crippen molar-refractivity contribution in [3.05, 3.63) is 23.8 Å². The summed E-state index contributed by atoms with van der Waals surface area (Å²) in [6.07, 6.45) is 2.01. The first-order chi connectivity index (χ1) is 9.88. The van der Waals surface area contributed by atoms with Crippen LogP contribution in [0, 0.1) is 5.92 Å². The zero-order valence-electron chi connectivity index (χ0n) is 12.5. The Hall–Kier alpha value is -1.11. The number of nitrogens with two attached hydrogens (primary N) is 1. The number of ether oxygens (including phenoxy) is 2. The SMILES string of the molecule is CC(C)c1cc(S(N)(=O)=O)ccc1OCC1CCOCC1. The minimum atomic E-state index is -3.68. The molecule has 5 nitrogen and oxygen atoms in total. The normalized spacial score (nSPS) is 17.1. The summed E-state index contributed by atoms with van der Waals surface area (Å²) in [5.41, 5.74) is 0.869. The Bertz CT molecular complexity index is 577. The molecular formula is C15H23NO4S. The lowest BCUT2D eigenvalue weighted by atomic mass is 10.0. The minimum absolute atomic E-state index is 0.129. The summed E-state index contributed by atoms with van der Waals surface area (Å²) < 4.78 is 34.1. The highest BCUT2D eigenvalue weighted by Gasteiger charge is 2.18. The van der Waals surface area contributed by atoms with Gasteiger partial charge in [-0.2, -0.15) is 0 Å². The van der Waals surface area contributed by atoms with Crippen LogP contribution in [0.3, 0.4) is 0 Å². The largest absolute Gasteiger partial charge is 0.493 e. The third-order valence-corrected chi connectivity index (χ3v) is 4.66. The van der Waals surface area contributed by atoms with Crippen molar-refractivity contribution in [3.8, 4) is 5.75 Å². The van der Waals surface area contributed by atoms with Crippen molar-refractivity contribution in [2.75, 3.05) is 19.8 Å². The lowest BCUT2D eigenvalue weighted by Crippen LogP contribution is -2.22. The molecule has 118 valence electrons. The molecule has 2 rings (SSSR count). The van der Waals surface area contributed by atoms with Gasteiger partial charge in [-0.25, -0.2) is 13.6 Å². The van der Waals surface area contributed by atoms with E-state index in [4.69, 9.17) is 14.6 Å². The lowest BCUT2D eigenvalue weighted by molar-refractivity contribution is 0.0495. The standard InChI is InChI=1S/C15H23NO4S/c1-11(2)14-9-13(21(16,17)18)3-4-15(14)20-10-12-5-7-19-8-6-12/h3-4,9,11-12H,5-8,10H2,1-2H3,(H2,16,17,18). The molecule has 0 aliphatic carbocycles. The fraction of sp³-hybridized carbons (Fsp3) is 0.600. The second-order valence-corrected chi connectivity index (χ2v) is 7.33. The number of hydrogen-bond acceptors (Lipinski definition) is 4. The van der Waals surface area contributed by atoms with Crippen LogP contribution in [0.4, 0.5) is 0 Å². The van der Waals surface area contributed by atoms with Crippen LogP contribution in [0.1, 0.15) is 38.2 Å². The highest BCUT2D eigenvalue weighted by Crippen LogP contribution is 2.29. The van der Waals surface area contributed by atoms with E-state index >= 15 is 0 Å². The average molecular weight is 313 g/mol. The van der Waals surface area contributed by atoms with Crippen molar-refractivity contribution in [2.45, 2.75) is 37.5 Å². The first-order valence-electron chi connectivity index (χ1n) is 7.25. The first-order valence-corrected chi connectivity index (χ1v) is 8.80. The summed E-state index contributed by atoms with van der Waals surface area (Å²) in [6, 6.07) is 4.81. The molecule has 1 heterocycles. The smallest absolute Gasteiger partial charge is 0.238 e. The van der Waals surface area contributed by atoms with Gasteiger partial charge in [0.05, 0.1) is 11.5 Å². The van der Waals surface area contributed by atoms with Gasteiger partial charge in [-0.1, -0.05) is 13.8 Å². The van der Waals surface area contributed by atoms with Crippen molar-refractivity contribution in [2.24, 2.45) is 11.1 Å². The quantitative estimate of drug-likeness (QED) is 0.904. The molecule has 0 spiro atoms. The van der Waals surface area contributed by atoms with E-state index in [9.17, 15) is 8.42 Å². The van der Waals surface area contributed by atoms with Crippen LogP contribution in [-0.2, 0) is 14.8 Å². The van der Waals surface area contributed by atoms with Gasteiger partial charge in [0.25, 0.3) is 0 Å². The van der Waals surface area contributed by atoms with Gasteiger partial charge in [0, 0.05) is 13.2 Å². The summed E-state index contributed by atoms with van der Waals surface area (Å²) in [4.78, 5) is 0.129. The van der Waals surface area contributed by atoms with E-state index in [1.807, 2.05) is 13.8 Å². The molecule has 2 N–H and O–H groups in total. The molecule has 0 atom stereocenters. The summed E-state index contributed by atoms with van der Waals surface area (Å²) >= 11 is 0. The van der Waals surface area contributed by atoms with Crippen LogP contribution in [0.15, 0.2) is 23.1 Å². The Morgan fingerprint density at radius 3 is 2.57 bits per heavy atom. The Kier molecular flexibility index (Phi) is 5.24. The maximum absolute atomic E-state index is 11.4. The zero-order chi connectivity index (χ0) is 15.5. The van der Waals surface area contributed by atoms with Crippen molar-refractivity contribution in [3.63, 3.8) is 0 Å². The highest BCUT2D eigenvalue weighted by molar-refractivity contribution is 7.89. The predicted molar refractivity (Wildman–Crippen MR) is 80.9 cm³/mol. The maximum atomic E-state index is 11.4. The van der Waals surface area contributed by atoms with Gasteiger partial charge in [0.15, 0.2) is 0 Å². The molecule has 0 aromatic heterocycles. The number of hydrogen-bond donors (Lipinski definition) is 1.